The molecule has 0 atom stereocenters. The summed E-state index contributed by atoms with van der Waals surface area (Å²) in [6.45, 7) is 6.25. The summed E-state index contributed by atoms with van der Waals surface area (Å²) in [6, 6.07) is 0. The highest BCUT2D eigenvalue weighted by molar-refractivity contribution is 9.09. The summed E-state index contributed by atoms with van der Waals surface area (Å²) in [5.74, 6) is 0.0861. The minimum atomic E-state index is 0.0861. The van der Waals surface area contributed by atoms with Crippen molar-refractivity contribution in [3.63, 3.8) is 0 Å². The highest BCUT2D eigenvalue weighted by atomic mass is 79.9. The molecule has 0 saturated carbocycles. The highest BCUT2D eigenvalue weighted by Gasteiger charge is 2.04. The summed E-state index contributed by atoms with van der Waals surface area (Å²) in [5.41, 5.74) is 0.997. The summed E-state index contributed by atoms with van der Waals surface area (Å²) in [7, 11) is 1.76. The molecule has 0 fully saturated rings. The van der Waals surface area contributed by atoms with Crippen LogP contribution in [0.15, 0.2) is 12.2 Å². The van der Waals surface area contributed by atoms with Crippen LogP contribution in [0, 0.1) is 0 Å². The van der Waals surface area contributed by atoms with Gasteiger partial charge in [-0.25, -0.2) is 0 Å². The number of rotatable bonds is 3. The normalized spacial score (nSPS) is 9.10. The predicted octanol–water partition coefficient (Wildman–Crippen LogP) is 1.42. The maximum atomic E-state index is 10.9. The van der Waals surface area contributed by atoms with E-state index in [9.17, 15) is 4.79 Å². The number of amides is 1. The van der Waals surface area contributed by atoms with E-state index in [0.29, 0.717) is 11.9 Å². The molecular formula is C7H12BrNO. The summed E-state index contributed by atoms with van der Waals surface area (Å²) >= 11 is 3.08. The Kier molecular flexibility index (Phi) is 4.36. The first kappa shape index (κ1) is 9.69. The molecule has 0 aliphatic rings. The third kappa shape index (κ3) is 3.67. The van der Waals surface area contributed by atoms with Gasteiger partial charge in [0.1, 0.15) is 0 Å². The van der Waals surface area contributed by atoms with Gasteiger partial charge in [0.25, 0.3) is 0 Å². The number of nitrogens with zero attached hydrogens (tertiary/aromatic N) is 1. The molecule has 0 N–H and O–H groups in total. The standard InChI is InChI=1S/C7H12BrNO/c1-6(2)5-9(3)7(10)4-8/h1,4-5H2,2-3H3. The zero-order chi connectivity index (χ0) is 8.15. The van der Waals surface area contributed by atoms with Crippen molar-refractivity contribution in [3.05, 3.63) is 12.2 Å². The molecule has 0 saturated heterocycles. The fourth-order valence-corrected chi connectivity index (χ4v) is 1.02. The average molecular weight is 206 g/mol. The molecule has 0 aromatic heterocycles. The van der Waals surface area contributed by atoms with Gasteiger partial charge in [0, 0.05) is 13.6 Å². The van der Waals surface area contributed by atoms with Gasteiger partial charge in [0.15, 0.2) is 0 Å². The Morgan fingerprint density at radius 2 is 2.20 bits per heavy atom. The van der Waals surface area contributed by atoms with Gasteiger partial charge in [-0.05, 0) is 6.92 Å². The lowest BCUT2D eigenvalue weighted by Crippen LogP contribution is -2.28. The zero-order valence-electron chi connectivity index (χ0n) is 6.35. The van der Waals surface area contributed by atoms with Crippen LogP contribution in [0.4, 0.5) is 0 Å². The van der Waals surface area contributed by atoms with E-state index < -0.39 is 0 Å². The van der Waals surface area contributed by atoms with Crippen molar-refractivity contribution in [2.75, 3.05) is 18.9 Å². The molecule has 0 aliphatic carbocycles. The van der Waals surface area contributed by atoms with Gasteiger partial charge in [0.05, 0.1) is 5.33 Å². The number of hydrogen-bond donors (Lipinski definition) is 0. The quantitative estimate of drug-likeness (QED) is 0.505. The molecule has 2 nitrogen and oxygen atoms in total. The average Bonchev–Trinajstić information content (AvgIpc) is 1.85. The van der Waals surface area contributed by atoms with Crippen LogP contribution in [-0.2, 0) is 4.79 Å². The Bertz CT molecular complexity index is 145. The van der Waals surface area contributed by atoms with Crippen molar-refractivity contribution in [2.45, 2.75) is 6.92 Å². The SMILES string of the molecule is C=C(C)CN(C)C(=O)CBr. The monoisotopic (exact) mass is 205 g/mol. The summed E-state index contributed by atoms with van der Waals surface area (Å²) in [4.78, 5) is 12.5. The molecule has 0 rings (SSSR count). The number of alkyl halides is 1. The summed E-state index contributed by atoms with van der Waals surface area (Å²) < 4.78 is 0. The van der Waals surface area contributed by atoms with Gasteiger partial charge in [-0.3, -0.25) is 4.79 Å². The zero-order valence-corrected chi connectivity index (χ0v) is 7.94. The predicted molar refractivity (Wildman–Crippen MR) is 46.2 cm³/mol. The Labute approximate surface area is 70.0 Å². The van der Waals surface area contributed by atoms with Crippen molar-refractivity contribution < 1.29 is 4.79 Å². The summed E-state index contributed by atoms with van der Waals surface area (Å²) in [6.07, 6.45) is 0. The lowest BCUT2D eigenvalue weighted by Gasteiger charge is -2.14. The minimum absolute atomic E-state index is 0.0861. The molecule has 0 aromatic carbocycles. The van der Waals surface area contributed by atoms with Crippen molar-refractivity contribution in [1.29, 1.82) is 0 Å². The maximum absolute atomic E-state index is 10.9. The van der Waals surface area contributed by atoms with Crippen LogP contribution in [-0.4, -0.2) is 29.7 Å². The topological polar surface area (TPSA) is 20.3 Å². The lowest BCUT2D eigenvalue weighted by molar-refractivity contribution is -0.126. The smallest absolute Gasteiger partial charge is 0.233 e. The number of carbonyl (C=O) groups excluding carboxylic acids is 1. The molecule has 0 radical (unpaired) electrons. The lowest BCUT2D eigenvalue weighted by atomic mass is 10.3. The van der Waals surface area contributed by atoms with Gasteiger partial charge in [-0.2, -0.15) is 0 Å². The van der Waals surface area contributed by atoms with Crippen molar-refractivity contribution in [1.82, 2.24) is 4.90 Å². The third-order valence-corrected chi connectivity index (χ3v) is 1.53. The van der Waals surface area contributed by atoms with E-state index in [4.69, 9.17) is 0 Å². The van der Waals surface area contributed by atoms with Crippen LogP contribution in [0.5, 0.6) is 0 Å². The largest absolute Gasteiger partial charge is 0.341 e. The number of likely N-dealkylation sites (N-methyl/N-ethyl adjacent to an activating group) is 1. The summed E-state index contributed by atoms with van der Waals surface area (Å²) in [5, 5.41) is 0.386. The van der Waals surface area contributed by atoms with Crippen LogP contribution < -0.4 is 0 Å². The molecule has 0 unspecified atom stereocenters. The van der Waals surface area contributed by atoms with E-state index in [1.165, 1.54) is 0 Å². The molecule has 0 bridgehead atoms. The Hall–Kier alpha value is -0.310. The highest BCUT2D eigenvalue weighted by Crippen LogP contribution is 1.94. The fraction of sp³-hybridized carbons (Fsp3) is 0.571. The fourth-order valence-electron chi connectivity index (χ4n) is 0.595. The van der Waals surface area contributed by atoms with Crippen LogP contribution in [0.1, 0.15) is 6.92 Å². The van der Waals surface area contributed by atoms with Crippen molar-refractivity contribution in [3.8, 4) is 0 Å². The second-order valence-corrected chi connectivity index (χ2v) is 2.90. The Morgan fingerprint density at radius 3 is 2.50 bits per heavy atom. The number of carbonyl (C=O) groups is 1. The molecule has 1 amide bonds. The minimum Gasteiger partial charge on any atom is -0.341 e. The van der Waals surface area contributed by atoms with Crippen molar-refractivity contribution in [2.24, 2.45) is 0 Å². The van der Waals surface area contributed by atoms with E-state index in [-0.39, 0.29) is 5.91 Å². The maximum Gasteiger partial charge on any atom is 0.233 e. The number of halogens is 1. The molecule has 58 valence electrons. The van der Waals surface area contributed by atoms with Crippen LogP contribution in [0.3, 0.4) is 0 Å². The molecular weight excluding hydrogens is 194 g/mol. The Balaban J connectivity index is 3.72. The third-order valence-electron chi connectivity index (χ3n) is 1.05. The second-order valence-electron chi connectivity index (χ2n) is 2.34. The first-order valence-electron chi connectivity index (χ1n) is 3.02. The van der Waals surface area contributed by atoms with Crippen LogP contribution >= 0.6 is 15.9 Å². The van der Waals surface area contributed by atoms with E-state index in [1.54, 1.807) is 11.9 Å². The first-order valence-corrected chi connectivity index (χ1v) is 4.14. The van der Waals surface area contributed by atoms with Gasteiger partial charge < -0.3 is 4.90 Å². The molecule has 3 heteroatoms. The molecule has 0 spiro atoms. The van der Waals surface area contributed by atoms with E-state index in [0.717, 1.165) is 5.57 Å². The number of hydrogen-bond acceptors (Lipinski definition) is 1. The van der Waals surface area contributed by atoms with Crippen molar-refractivity contribution >= 4 is 21.8 Å². The van der Waals surface area contributed by atoms with E-state index >= 15 is 0 Å². The molecule has 0 aliphatic heterocycles. The second kappa shape index (κ2) is 4.50. The van der Waals surface area contributed by atoms with E-state index in [2.05, 4.69) is 22.5 Å². The van der Waals surface area contributed by atoms with Gasteiger partial charge in [0.2, 0.25) is 5.91 Å². The van der Waals surface area contributed by atoms with Gasteiger partial charge >= 0.3 is 0 Å². The molecule has 0 aromatic rings. The Morgan fingerprint density at radius 1 is 1.70 bits per heavy atom. The van der Waals surface area contributed by atoms with Crippen LogP contribution in [0.2, 0.25) is 0 Å². The van der Waals surface area contributed by atoms with Gasteiger partial charge in [-0.1, -0.05) is 28.1 Å². The first-order chi connectivity index (χ1) is 4.57. The van der Waals surface area contributed by atoms with E-state index in [1.807, 2.05) is 6.92 Å². The molecule has 10 heavy (non-hydrogen) atoms. The molecule has 0 heterocycles. The van der Waals surface area contributed by atoms with Gasteiger partial charge in [-0.15, -0.1) is 0 Å². The van der Waals surface area contributed by atoms with Crippen LogP contribution in [0.25, 0.3) is 0 Å².